The van der Waals surface area contributed by atoms with Crippen molar-refractivity contribution >= 4 is 29.2 Å². The summed E-state index contributed by atoms with van der Waals surface area (Å²) in [5.41, 5.74) is 1.21. The molecular formula is C26H32N4O4. The smallest absolute Gasteiger partial charge is 0.326 e. The Kier molecular flexibility index (Phi) is 6.88. The maximum atomic E-state index is 13.6. The molecule has 2 aromatic carbocycles. The molecule has 0 aliphatic carbocycles. The molecule has 2 saturated heterocycles. The molecule has 2 unspecified atom stereocenters. The van der Waals surface area contributed by atoms with E-state index in [2.05, 4.69) is 15.5 Å². The highest BCUT2D eigenvalue weighted by Crippen LogP contribution is 2.36. The predicted octanol–water partition coefficient (Wildman–Crippen LogP) is 3.34. The van der Waals surface area contributed by atoms with Gasteiger partial charge < -0.3 is 20.3 Å². The van der Waals surface area contributed by atoms with E-state index in [1.54, 1.807) is 6.92 Å². The molecule has 0 bridgehead atoms. The van der Waals surface area contributed by atoms with Gasteiger partial charge >= 0.3 is 6.03 Å². The largest absolute Gasteiger partial charge is 0.378 e. The number of hydrogen-bond acceptors (Lipinski definition) is 5. The van der Waals surface area contributed by atoms with Crippen molar-refractivity contribution in [3.63, 3.8) is 0 Å². The van der Waals surface area contributed by atoms with Gasteiger partial charge in [-0.15, -0.1) is 0 Å². The molecule has 2 N–H and O–H groups in total. The van der Waals surface area contributed by atoms with Crippen LogP contribution in [-0.4, -0.2) is 55.1 Å². The van der Waals surface area contributed by atoms with Gasteiger partial charge in [-0.05, 0) is 49.1 Å². The van der Waals surface area contributed by atoms with Gasteiger partial charge in [0.1, 0.15) is 11.6 Å². The van der Waals surface area contributed by atoms with Crippen LogP contribution in [0.1, 0.15) is 32.8 Å². The van der Waals surface area contributed by atoms with Crippen molar-refractivity contribution in [3.8, 4) is 0 Å². The number of benzene rings is 2. The number of rotatable bonds is 7. The second-order valence-electron chi connectivity index (χ2n) is 9.29. The molecule has 2 aliphatic heterocycles. The molecule has 2 atom stereocenters. The molecular weight excluding hydrogens is 432 g/mol. The maximum Gasteiger partial charge on any atom is 0.326 e. The van der Waals surface area contributed by atoms with E-state index >= 15 is 0 Å². The first-order valence-electron chi connectivity index (χ1n) is 11.8. The highest BCUT2D eigenvalue weighted by Gasteiger charge is 2.54. The standard InChI is InChI=1S/C26H32N4O4/c1-18(2)17-26(20-7-5-4-6-8-20)24(32)30(25(33)28-26)19(3)23(31)27-21-9-11-22(12-10-21)29-13-15-34-16-14-29/h4-12,18-19H,13-17H2,1-3H3,(H,27,31)(H,28,33). The number of amides is 4. The lowest BCUT2D eigenvalue weighted by molar-refractivity contribution is -0.137. The highest BCUT2D eigenvalue weighted by molar-refractivity contribution is 6.11. The van der Waals surface area contributed by atoms with Crippen LogP contribution >= 0.6 is 0 Å². The zero-order chi connectivity index (χ0) is 24.3. The fourth-order valence-corrected chi connectivity index (χ4v) is 4.67. The number of nitrogens with one attached hydrogen (secondary N) is 2. The topological polar surface area (TPSA) is 91.0 Å². The lowest BCUT2D eigenvalue weighted by atomic mass is 9.82. The van der Waals surface area contributed by atoms with Gasteiger partial charge in [0, 0.05) is 24.5 Å². The van der Waals surface area contributed by atoms with Gasteiger partial charge in [0.2, 0.25) is 5.91 Å². The van der Waals surface area contributed by atoms with E-state index < -0.39 is 29.4 Å². The zero-order valence-corrected chi connectivity index (χ0v) is 19.9. The summed E-state index contributed by atoms with van der Waals surface area (Å²) in [7, 11) is 0. The normalized spacial score (nSPS) is 21.5. The number of anilines is 2. The minimum absolute atomic E-state index is 0.151. The van der Waals surface area contributed by atoms with Crippen molar-refractivity contribution in [1.29, 1.82) is 0 Å². The number of carbonyl (C=O) groups excluding carboxylic acids is 3. The summed E-state index contributed by atoms with van der Waals surface area (Å²) in [6.45, 7) is 8.63. The lowest BCUT2D eigenvalue weighted by Crippen LogP contribution is -2.48. The van der Waals surface area contributed by atoms with Crippen LogP contribution in [0.15, 0.2) is 54.6 Å². The Labute approximate surface area is 200 Å². The zero-order valence-electron chi connectivity index (χ0n) is 19.9. The van der Waals surface area contributed by atoms with Crippen LogP contribution in [0.5, 0.6) is 0 Å². The summed E-state index contributed by atoms with van der Waals surface area (Å²) >= 11 is 0. The minimum Gasteiger partial charge on any atom is -0.378 e. The van der Waals surface area contributed by atoms with E-state index in [9.17, 15) is 14.4 Å². The summed E-state index contributed by atoms with van der Waals surface area (Å²) < 4.78 is 5.39. The van der Waals surface area contributed by atoms with Gasteiger partial charge in [-0.3, -0.25) is 9.59 Å². The number of hydrogen-bond donors (Lipinski definition) is 2. The van der Waals surface area contributed by atoms with Gasteiger partial charge in [-0.2, -0.15) is 0 Å². The number of ether oxygens (including phenoxy) is 1. The molecule has 2 aliphatic rings. The number of morpholine rings is 1. The number of nitrogens with zero attached hydrogens (tertiary/aromatic N) is 2. The highest BCUT2D eigenvalue weighted by atomic mass is 16.5. The monoisotopic (exact) mass is 464 g/mol. The van der Waals surface area contributed by atoms with Crippen LogP contribution in [0, 0.1) is 5.92 Å². The van der Waals surface area contributed by atoms with Crippen molar-refractivity contribution < 1.29 is 19.1 Å². The molecule has 0 saturated carbocycles. The summed E-state index contributed by atoms with van der Waals surface area (Å²) in [5.74, 6) is -0.669. The third-order valence-electron chi connectivity index (χ3n) is 6.38. The predicted molar refractivity (Wildman–Crippen MR) is 131 cm³/mol. The molecule has 2 heterocycles. The Morgan fingerprint density at radius 1 is 1.03 bits per heavy atom. The summed E-state index contributed by atoms with van der Waals surface area (Å²) in [6.07, 6.45) is 0.440. The Morgan fingerprint density at radius 2 is 1.68 bits per heavy atom. The van der Waals surface area contributed by atoms with Gasteiger partial charge in [0.15, 0.2) is 0 Å². The molecule has 0 spiro atoms. The van der Waals surface area contributed by atoms with Gasteiger partial charge in [0.05, 0.1) is 13.2 Å². The van der Waals surface area contributed by atoms with E-state index in [4.69, 9.17) is 4.74 Å². The van der Waals surface area contributed by atoms with Gasteiger partial charge in [-0.25, -0.2) is 9.69 Å². The average Bonchev–Trinajstić information content (AvgIpc) is 3.09. The second kappa shape index (κ2) is 9.85. The van der Waals surface area contributed by atoms with Crippen molar-refractivity contribution in [2.75, 3.05) is 36.5 Å². The van der Waals surface area contributed by atoms with Crippen LogP contribution < -0.4 is 15.5 Å². The third kappa shape index (κ3) is 4.63. The molecule has 8 nitrogen and oxygen atoms in total. The summed E-state index contributed by atoms with van der Waals surface area (Å²) in [5, 5.41) is 5.74. The quantitative estimate of drug-likeness (QED) is 0.614. The van der Waals surface area contributed by atoms with E-state index in [0.717, 1.165) is 29.2 Å². The molecule has 34 heavy (non-hydrogen) atoms. The van der Waals surface area contributed by atoms with Crippen LogP contribution in [-0.2, 0) is 19.9 Å². The summed E-state index contributed by atoms with van der Waals surface area (Å²) in [4.78, 5) is 42.9. The van der Waals surface area contributed by atoms with Crippen molar-refractivity contribution in [2.24, 2.45) is 5.92 Å². The first-order valence-corrected chi connectivity index (χ1v) is 11.8. The summed E-state index contributed by atoms with van der Waals surface area (Å²) in [6, 6.07) is 15.3. The Morgan fingerprint density at radius 3 is 2.29 bits per heavy atom. The van der Waals surface area contributed by atoms with Crippen LogP contribution in [0.3, 0.4) is 0 Å². The van der Waals surface area contributed by atoms with E-state index in [1.165, 1.54) is 0 Å². The Balaban J connectivity index is 1.49. The fraction of sp³-hybridized carbons (Fsp3) is 0.423. The van der Waals surface area contributed by atoms with E-state index in [1.807, 2.05) is 68.4 Å². The van der Waals surface area contributed by atoms with Gasteiger partial charge in [-0.1, -0.05) is 44.2 Å². The molecule has 4 amide bonds. The van der Waals surface area contributed by atoms with E-state index in [-0.39, 0.29) is 5.92 Å². The Bertz CT molecular complexity index is 1030. The van der Waals surface area contributed by atoms with Crippen LogP contribution in [0.4, 0.5) is 16.2 Å². The molecule has 180 valence electrons. The molecule has 2 fully saturated rings. The maximum absolute atomic E-state index is 13.6. The third-order valence-corrected chi connectivity index (χ3v) is 6.38. The molecule has 8 heteroatoms. The van der Waals surface area contributed by atoms with Crippen molar-refractivity contribution in [3.05, 3.63) is 60.2 Å². The molecule has 0 aromatic heterocycles. The van der Waals surface area contributed by atoms with Crippen LogP contribution in [0.25, 0.3) is 0 Å². The first-order chi connectivity index (χ1) is 16.3. The van der Waals surface area contributed by atoms with Crippen LogP contribution in [0.2, 0.25) is 0 Å². The molecule has 2 aromatic rings. The molecule has 4 rings (SSSR count). The lowest BCUT2D eigenvalue weighted by Gasteiger charge is -2.30. The van der Waals surface area contributed by atoms with Gasteiger partial charge in [0.25, 0.3) is 5.91 Å². The average molecular weight is 465 g/mol. The van der Waals surface area contributed by atoms with Crippen molar-refractivity contribution in [2.45, 2.75) is 38.8 Å². The number of carbonyl (C=O) groups is 3. The molecule has 0 radical (unpaired) electrons. The second-order valence-corrected chi connectivity index (χ2v) is 9.29. The fourth-order valence-electron chi connectivity index (χ4n) is 4.67. The minimum atomic E-state index is -1.18. The number of imide groups is 1. The van der Waals surface area contributed by atoms with E-state index in [0.29, 0.717) is 25.3 Å². The van der Waals surface area contributed by atoms with Crippen molar-refractivity contribution in [1.82, 2.24) is 10.2 Å². The number of urea groups is 1. The first kappa shape index (κ1) is 23.8. The SMILES string of the molecule is CC(C)CC1(c2ccccc2)NC(=O)N(C(C)C(=O)Nc2ccc(N3CCOCC3)cc2)C1=O. The Hall–Kier alpha value is -3.39.